The molecule has 4 atom stereocenters. The number of hydrogen-bond donors (Lipinski definition) is 1. The van der Waals surface area contributed by atoms with Gasteiger partial charge in [0.1, 0.15) is 11.4 Å². The molecule has 3 aromatic carbocycles. The molecule has 9 nitrogen and oxygen atoms in total. The summed E-state index contributed by atoms with van der Waals surface area (Å²) in [5.41, 5.74) is -3.41. The van der Waals surface area contributed by atoms with Gasteiger partial charge in [-0.1, -0.05) is 42.5 Å². The van der Waals surface area contributed by atoms with Gasteiger partial charge in [-0.2, -0.15) is 0 Å². The number of halogens is 7. The van der Waals surface area contributed by atoms with Crippen LogP contribution in [0.1, 0.15) is 23.9 Å². The summed E-state index contributed by atoms with van der Waals surface area (Å²) >= 11 is 14.1. The van der Waals surface area contributed by atoms with Crippen molar-refractivity contribution in [3.05, 3.63) is 104 Å². The lowest BCUT2D eigenvalue weighted by Crippen LogP contribution is -2.59. The summed E-state index contributed by atoms with van der Waals surface area (Å²) in [7, 11) is 1.20. The molecular weight excluding hydrogens is 650 g/mol. The number of carbonyl (C=O) groups is 2. The first-order chi connectivity index (χ1) is 21.2. The summed E-state index contributed by atoms with van der Waals surface area (Å²) in [6, 6.07) is 8.16. The first kappa shape index (κ1) is 29.3. The highest BCUT2D eigenvalue weighted by Crippen LogP contribution is 2.65. The zero-order valence-corrected chi connectivity index (χ0v) is 24.1. The van der Waals surface area contributed by atoms with Gasteiger partial charge in [-0.3, -0.25) is 9.59 Å². The average molecular weight is 667 g/mol. The molecule has 0 spiro atoms. The van der Waals surface area contributed by atoms with Crippen LogP contribution in [0.4, 0.5) is 27.6 Å². The lowest BCUT2D eigenvalue weighted by atomic mass is 9.64. The Hall–Kier alpha value is -4.43. The Kier molecular flexibility index (Phi) is 6.05. The predicted molar refractivity (Wildman–Crippen MR) is 150 cm³/mol. The third-order valence-corrected chi connectivity index (χ3v) is 10.3. The summed E-state index contributed by atoms with van der Waals surface area (Å²) in [5.74, 6) is -17.7. The van der Waals surface area contributed by atoms with Crippen molar-refractivity contribution in [3.63, 3.8) is 0 Å². The molecule has 3 heterocycles. The number of carbonyl (C=O) groups excluding carboxylic acids is 2. The second-order valence-corrected chi connectivity index (χ2v) is 12.3. The number of hydrogen-bond acceptors (Lipinski definition) is 5. The van der Waals surface area contributed by atoms with Crippen LogP contribution in [0.15, 0.2) is 57.6 Å². The van der Waals surface area contributed by atoms with Crippen LogP contribution in [0.3, 0.4) is 0 Å². The molecule has 0 unspecified atom stereocenters. The molecular formula is C29H17Cl2F5N4O5. The van der Waals surface area contributed by atoms with E-state index in [2.05, 4.69) is 0 Å². The maximum atomic E-state index is 15.1. The van der Waals surface area contributed by atoms with Crippen LogP contribution in [0.5, 0.6) is 5.75 Å². The van der Waals surface area contributed by atoms with Crippen molar-refractivity contribution in [1.82, 2.24) is 13.9 Å². The quantitative estimate of drug-likeness (QED) is 0.0866. The summed E-state index contributed by atoms with van der Waals surface area (Å²) < 4.78 is 75.5. The molecule has 2 fully saturated rings. The number of allylic oxidation sites excluding steroid dienone is 2. The van der Waals surface area contributed by atoms with Crippen molar-refractivity contribution in [2.75, 3.05) is 4.90 Å². The average Bonchev–Trinajstić information content (AvgIpc) is 3.33. The molecule has 7 rings (SSSR count). The number of rotatable bonds is 2. The van der Waals surface area contributed by atoms with Gasteiger partial charge in [0.05, 0.1) is 12.6 Å². The molecule has 1 aromatic heterocycles. The molecule has 2 amide bonds. The van der Waals surface area contributed by atoms with E-state index >= 15 is 8.78 Å². The van der Waals surface area contributed by atoms with Crippen LogP contribution in [0, 0.1) is 29.1 Å². The number of alkyl halides is 2. The Balaban J connectivity index is 1.55. The van der Waals surface area contributed by atoms with E-state index in [1.807, 2.05) is 0 Å². The fourth-order valence-corrected chi connectivity index (χ4v) is 7.69. The number of phenols is 1. The van der Waals surface area contributed by atoms with Crippen molar-refractivity contribution in [1.29, 1.82) is 0 Å². The molecule has 0 radical (unpaired) electrons. The van der Waals surface area contributed by atoms with Crippen LogP contribution in [0.25, 0.3) is 10.8 Å². The van der Waals surface area contributed by atoms with Gasteiger partial charge >= 0.3 is 11.4 Å². The van der Waals surface area contributed by atoms with Crippen LogP contribution >= 0.6 is 23.2 Å². The Bertz CT molecular complexity index is 2180. The van der Waals surface area contributed by atoms with Gasteiger partial charge < -0.3 is 5.11 Å². The van der Waals surface area contributed by atoms with E-state index in [0.29, 0.717) is 5.39 Å². The van der Waals surface area contributed by atoms with Gasteiger partial charge in [-0.15, -0.1) is 23.2 Å². The third-order valence-electron chi connectivity index (χ3n) is 8.92. The Labute approximate surface area is 257 Å². The molecule has 16 heteroatoms. The number of phenolic OH excluding ortho intramolecular Hbond substituents is 1. The van der Waals surface area contributed by atoms with E-state index in [4.69, 9.17) is 23.2 Å². The summed E-state index contributed by atoms with van der Waals surface area (Å²) in [4.78, 5) is 48.7. The number of benzene rings is 3. The standard InChI is InChI=1S/C29H17Cl2F5N4O5/c1-37-26(44)38-9-8-13-15(40(38)27(37)45)10-28(30)24(42)39(22-20(35)18(33)17(32)19(34)21(22)36)25(43)29(28,31)16(13)14-7-6-11-4-2-3-5-12(11)23(14)41/h2-8,15-16,41H,9-10H2,1H3/t15-,16-,28-,29+/m1/s1. The normalized spacial score (nSPS) is 25.8. The van der Waals surface area contributed by atoms with Gasteiger partial charge in [0, 0.05) is 30.3 Å². The van der Waals surface area contributed by atoms with Crippen molar-refractivity contribution in [3.8, 4) is 5.75 Å². The molecule has 1 N–H and O–H groups in total. The highest BCUT2D eigenvalue weighted by molar-refractivity contribution is 6.58. The van der Waals surface area contributed by atoms with Gasteiger partial charge in [-0.25, -0.2) is 50.4 Å². The molecule has 45 heavy (non-hydrogen) atoms. The molecule has 4 aromatic rings. The van der Waals surface area contributed by atoms with Crippen LogP contribution in [0.2, 0.25) is 0 Å². The molecule has 1 saturated heterocycles. The minimum atomic E-state index is -2.75. The smallest absolute Gasteiger partial charge is 0.347 e. The Morgan fingerprint density at radius 3 is 2.13 bits per heavy atom. The lowest BCUT2D eigenvalue weighted by molar-refractivity contribution is -0.122. The number of aromatic nitrogens is 3. The number of nitrogens with zero attached hydrogens (tertiary/aromatic N) is 4. The van der Waals surface area contributed by atoms with E-state index in [1.54, 1.807) is 30.3 Å². The van der Waals surface area contributed by atoms with Crippen molar-refractivity contribution < 1.29 is 36.6 Å². The van der Waals surface area contributed by atoms with E-state index in [0.717, 1.165) is 13.9 Å². The first-order valence-corrected chi connectivity index (χ1v) is 14.0. The summed E-state index contributed by atoms with van der Waals surface area (Å²) in [5, 5.41) is 12.3. The number of fused-ring (bicyclic) bond motifs is 5. The maximum Gasteiger partial charge on any atom is 0.347 e. The number of amides is 2. The van der Waals surface area contributed by atoms with E-state index in [9.17, 15) is 37.5 Å². The van der Waals surface area contributed by atoms with E-state index < -0.39 is 91.8 Å². The van der Waals surface area contributed by atoms with Crippen LogP contribution < -0.4 is 16.3 Å². The highest BCUT2D eigenvalue weighted by atomic mass is 35.5. The van der Waals surface area contributed by atoms with Gasteiger partial charge in [0.25, 0.3) is 11.8 Å². The zero-order valence-electron chi connectivity index (χ0n) is 22.6. The monoisotopic (exact) mass is 666 g/mol. The number of aromatic hydroxyl groups is 1. The first-order valence-electron chi connectivity index (χ1n) is 13.3. The number of imide groups is 1. The summed E-state index contributed by atoms with van der Waals surface area (Å²) in [6.45, 7) is -0.225. The van der Waals surface area contributed by atoms with E-state index in [-0.39, 0.29) is 28.0 Å². The van der Waals surface area contributed by atoms with Crippen molar-refractivity contribution in [2.24, 2.45) is 7.05 Å². The second kappa shape index (κ2) is 9.30. The van der Waals surface area contributed by atoms with Gasteiger partial charge in [-0.05, 0) is 11.0 Å². The fraction of sp³-hybridized carbons (Fsp3) is 0.241. The predicted octanol–water partition coefficient (Wildman–Crippen LogP) is 4.10. The van der Waals surface area contributed by atoms with Gasteiger partial charge in [0.2, 0.25) is 5.82 Å². The molecule has 3 aliphatic rings. The molecule has 0 bridgehead atoms. The molecule has 1 saturated carbocycles. The Morgan fingerprint density at radius 2 is 1.47 bits per heavy atom. The highest BCUT2D eigenvalue weighted by Gasteiger charge is 2.76. The van der Waals surface area contributed by atoms with Gasteiger partial charge in [0.15, 0.2) is 33.0 Å². The SMILES string of the molecule is Cn1c(=O)n2n(c1=O)[C@@H]1C[C@@]3(Cl)C(=O)N(c4c(F)c(F)c(F)c(F)c4F)C(=O)[C@@]3(Cl)[C@@H](c3ccc4ccccc4c3O)C1=CC2. The molecule has 232 valence electrons. The van der Waals surface area contributed by atoms with Crippen molar-refractivity contribution in [2.45, 2.75) is 34.7 Å². The minimum absolute atomic E-state index is 0.0927. The number of anilines is 1. The van der Waals surface area contributed by atoms with Crippen LogP contribution in [-0.2, 0) is 23.2 Å². The Morgan fingerprint density at radius 1 is 0.844 bits per heavy atom. The maximum absolute atomic E-state index is 15.1. The topological polar surface area (TPSA) is 107 Å². The lowest BCUT2D eigenvalue weighted by Gasteiger charge is -2.49. The fourth-order valence-electron chi connectivity index (χ4n) is 6.79. The minimum Gasteiger partial charge on any atom is -0.507 e. The van der Waals surface area contributed by atoms with Crippen molar-refractivity contribution >= 4 is 51.5 Å². The second-order valence-electron chi connectivity index (χ2n) is 11.0. The molecule has 1 aliphatic carbocycles. The van der Waals surface area contributed by atoms with E-state index in [1.165, 1.54) is 19.2 Å². The third kappa shape index (κ3) is 3.38. The van der Waals surface area contributed by atoms with Crippen LogP contribution in [-0.4, -0.2) is 40.6 Å². The largest absolute Gasteiger partial charge is 0.507 e. The molecule has 2 aliphatic heterocycles. The zero-order chi connectivity index (χ0) is 32.5. The summed E-state index contributed by atoms with van der Waals surface area (Å²) in [6.07, 6.45) is 0.721.